The molecule has 0 aliphatic rings. The van der Waals surface area contributed by atoms with Gasteiger partial charge in [0.2, 0.25) is 0 Å². The van der Waals surface area contributed by atoms with Crippen LogP contribution in [-0.2, 0) is 16.1 Å². The largest absolute Gasteiger partial charge is 0.249 e. The van der Waals surface area contributed by atoms with E-state index in [0.717, 1.165) is 0 Å². The van der Waals surface area contributed by atoms with Crippen molar-refractivity contribution in [2.24, 2.45) is 0 Å². The normalized spacial score (nSPS) is 15.3. The van der Waals surface area contributed by atoms with Crippen molar-refractivity contribution < 1.29 is 8.60 Å². The summed E-state index contributed by atoms with van der Waals surface area (Å²) in [6, 6.07) is 4.33. The van der Waals surface area contributed by atoms with Crippen LogP contribution in [0, 0.1) is 10.6 Å². The van der Waals surface area contributed by atoms with E-state index in [1.165, 1.54) is 12.3 Å². The first kappa shape index (κ1) is 10.2. The minimum absolute atomic E-state index is 0.252. The Bertz CT molecular complexity index is 412. The highest BCUT2D eigenvalue weighted by Gasteiger charge is 2.06. The first-order valence-corrected chi connectivity index (χ1v) is 5.94. The summed E-state index contributed by atoms with van der Waals surface area (Å²) in [5.41, 5.74) is 0.590. The molecule has 1 N–H and O–H groups in total. The first-order chi connectivity index (χ1) is 5.95. The Morgan fingerprint density at radius 1 is 1.54 bits per heavy atom. The van der Waals surface area contributed by atoms with Gasteiger partial charge in [0.1, 0.15) is 5.82 Å². The minimum atomic E-state index is -2.79. The zero-order valence-electron chi connectivity index (χ0n) is 7.63. The summed E-state index contributed by atoms with van der Waals surface area (Å²) in [5.74, 6) is -0.373. The summed E-state index contributed by atoms with van der Waals surface area (Å²) in [6.07, 6.45) is 1.89. The monoisotopic (exact) mass is 201 g/mol. The van der Waals surface area contributed by atoms with Crippen LogP contribution in [0.3, 0.4) is 0 Å². The smallest absolute Gasteiger partial charge is 0.127 e. The lowest BCUT2D eigenvalue weighted by molar-refractivity contribution is 0.607. The van der Waals surface area contributed by atoms with Crippen molar-refractivity contribution in [1.82, 2.24) is 0 Å². The Balaban J connectivity index is 3.26. The summed E-state index contributed by atoms with van der Waals surface area (Å²) < 4.78 is 31.7. The molecule has 0 saturated heterocycles. The van der Waals surface area contributed by atoms with E-state index in [9.17, 15) is 8.60 Å². The van der Waals surface area contributed by atoms with E-state index in [1.807, 2.05) is 6.92 Å². The molecule has 1 aromatic carbocycles. The van der Waals surface area contributed by atoms with Crippen LogP contribution in [0.15, 0.2) is 23.1 Å². The second kappa shape index (κ2) is 3.46. The van der Waals surface area contributed by atoms with Gasteiger partial charge in [-0.15, -0.1) is 0 Å². The highest BCUT2D eigenvalue weighted by atomic mass is 32.2. The second-order valence-electron chi connectivity index (χ2n) is 2.95. The van der Waals surface area contributed by atoms with Gasteiger partial charge < -0.3 is 0 Å². The molecule has 1 rings (SSSR count). The van der Waals surface area contributed by atoms with E-state index in [4.69, 9.17) is 4.78 Å². The van der Waals surface area contributed by atoms with Crippen LogP contribution in [0.25, 0.3) is 0 Å². The lowest BCUT2D eigenvalue weighted by atomic mass is 10.2. The average Bonchev–Trinajstić information content (AvgIpc) is 2.02. The number of halogens is 1. The van der Waals surface area contributed by atoms with Crippen molar-refractivity contribution in [3.63, 3.8) is 0 Å². The maximum Gasteiger partial charge on any atom is 0.127 e. The zero-order valence-corrected chi connectivity index (χ0v) is 8.45. The molecule has 0 saturated carbocycles. The molecule has 0 spiro atoms. The molecule has 72 valence electrons. The highest BCUT2D eigenvalue weighted by molar-refractivity contribution is 7.91. The summed E-state index contributed by atoms with van der Waals surface area (Å²) in [7, 11) is -2.79. The molecule has 0 aromatic heterocycles. The number of hydrogen-bond donors (Lipinski definition) is 1. The van der Waals surface area contributed by atoms with Gasteiger partial charge >= 0.3 is 0 Å². The van der Waals surface area contributed by atoms with Gasteiger partial charge in [-0.25, -0.2) is 13.4 Å². The summed E-state index contributed by atoms with van der Waals surface area (Å²) >= 11 is 0. The Morgan fingerprint density at radius 3 is 2.54 bits per heavy atom. The number of rotatable bonds is 2. The van der Waals surface area contributed by atoms with Gasteiger partial charge in [-0.1, -0.05) is 13.0 Å². The van der Waals surface area contributed by atoms with Crippen molar-refractivity contribution in [2.45, 2.75) is 18.2 Å². The topological polar surface area (TPSA) is 40.9 Å². The molecule has 0 aliphatic carbocycles. The van der Waals surface area contributed by atoms with Crippen LogP contribution >= 0.6 is 0 Å². The minimum Gasteiger partial charge on any atom is -0.249 e. The molecule has 0 heterocycles. The molecule has 0 radical (unpaired) electrons. The molecule has 2 nitrogen and oxygen atoms in total. The van der Waals surface area contributed by atoms with E-state index < -0.39 is 9.73 Å². The van der Waals surface area contributed by atoms with Gasteiger partial charge in [-0.3, -0.25) is 0 Å². The lowest BCUT2D eigenvalue weighted by Crippen LogP contribution is -1.97. The fraction of sp³-hybridized carbons (Fsp3) is 0.333. The van der Waals surface area contributed by atoms with Gasteiger partial charge in [0, 0.05) is 11.2 Å². The number of aryl methyl sites for hydroxylation is 1. The van der Waals surface area contributed by atoms with E-state index in [-0.39, 0.29) is 10.7 Å². The molecule has 1 aromatic rings. The van der Waals surface area contributed by atoms with E-state index in [2.05, 4.69) is 0 Å². The van der Waals surface area contributed by atoms with Crippen LogP contribution in [0.5, 0.6) is 0 Å². The predicted octanol–water partition coefficient (Wildman–Crippen LogP) is 2.42. The summed E-state index contributed by atoms with van der Waals surface area (Å²) in [4.78, 5) is 0.252. The fourth-order valence-electron chi connectivity index (χ4n) is 1.06. The molecule has 0 aliphatic heterocycles. The van der Waals surface area contributed by atoms with Crippen molar-refractivity contribution in [3.05, 3.63) is 29.6 Å². The van der Waals surface area contributed by atoms with Crippen molar-refractivity contribution in [1.29, 1.82) is 4.78 Å². The van der Waals surface area contributed by atoms with Crippen LogP contribution < -0.4 is 0 Å². The van der Waals surface area contributed by atoms with E-state index in [1.54, 1.807) is 12.1 Å². The Kier molecular flexibility index (Phi) is 2.71. The number of benzene rings is 1. The summed E-state index contributed by atoms with van der Waals surface area (Å²) in [5, 5.41) is 0. The van der Waals surface area contributed by atoms with Gasteiger partial charge in [-0.2, -0.15) is 0 Å². The van der Waals surface area contributed by atoms with E-state index in [0.29, 0.717) is 12.0 Å². The third-order valence-electron chi connectivity index (χ3n) is 1.86. The Hall–Kier alpha value is -0.900. The van der Waals surface area contributed by atoms with E-state index >= 15 is 0 Å². The lowest BCUT2D eigenvalue weighted by Gasteiger charge is -2.03. The number of hydrogen-bond acceptors (Lipinski definition) is 2. The average molecular weight is 201 g/mol. The molecular weight excluding hydrogens is 189 g/mol. The van der Waals surface area contributed by atoms with Crippen LogP contribution in [0.4, 0.5) is 4.39 Å². The van der Waals surface area contributed by atoms with Gasteiger partial charge in [0.15, 0.2) is 0 Å². The van der Waals surface area contributed by atoms with Crippen molar-refractivity contribution in [2.75, 3.05) is 6.26 Å². The molecule has 1 atom stereocenters. The Labute approximate surface area is 77.8 Å². The highest BCUT2D eigenvalue weighted by Crippen LogP contribution is 2.15. The maximum absolute atomic E-state index is 13.2. The van der Waals surface area contributed by atoms with Gasteiger partial charge in [0.25, 0.3) is 0 Å². The molecule has 4 heteroatoms. The van der Waals surface area contributed by atoms with Crippen LogP contribution in [0.2, 0.25) is 0 Å². The van der Waals surface area contributed by atoms with Gasteiger partial charge in [-0.05, 0) is 24.1 Å². The molecule has 0 amide bonds. The fourth-order valence-corrected chi connectivity index (χ4v) is 1.71. The molecule has 13 heavy (non-hydrogen) atoms. The molecule has 0 bridgehead atoms. The SMILES string of the molecule is CCc1ccc(S(C)(=N)=O)cc1F. The molecule has 1 unspecified atom stereocenters. The maximum atomic E-state index is 13.2. The zero-order chi connectivity index (χ0) is 10.1. The molecule has 0 fully saturated rings. The predicted molar refractivity (Wildman–Crippen MR) is 50.8 cm³/mol. The van der Waals surface area contributed by atoms with Gasteiger partial charge in [0.05, 0.1) is 9.73 Å². The first-order valence-electron chi connectivity index (χ1n) is 3.97. The van der Waals surface area contributed by atoms with Crippen molar-refractivity contribution >= 4 is 9.73 Å². The third-order valence-corrected chi connectivity index (χ3v) is 3.01. The summed E-state index contributed by atoms with van der Waals surface area (Å²) in [6.45, 7) is 1.85. The Morgan fingerprint density at radius 2 is 2.15 bits per heavy atom. The number of nitrogens with one attached hydrogen (secondary N) is 1. The quantitative estimate of drug-likeness (QED) is 0.784. The third kappa shape index (κ3) is 2.28. The van der Waals surface area contributed by atoms with Crippen molar-refractivity contribution in [3.8, 4) is 0 Å². The standard InChI is InChI=1S/C9H12FNOS/c1-3-7-4-5-8(6-9(7)10)13(2,11)12/h4-6,11H,3H2,1-2H3. The van der Waals surface area contributed by atoms with Crippen LogP contribution in [0.1, 0.15) is 12.5 Å². The second-order valence-corrected chi connectivity index (χ2v) is 5.11. The van der Waals surface area contributed by atoms with Crippen LogP contribution in [-0.4, -0.2) is 10.5 Å². The molecular formula is C9H12FNOS.